The second kappa shape index (κ2) is 5.37. The molecule has 5 nitrogen and oxygen atoms in total. The van der Waals surface area contributed by atoms with E-state index in [4.69, 9.17) is 10.7 Å². The number of benzene rings is 1. The van der Waals surface area contributed by atoms with Crippen LogP contribution in [0.25, 0.3) is 0 Å². The second-order valence-corrected chi connectivity index (χ2v) is 5.85. The third-order valence-corrected chi connectivity index (χ3v) is 2.68. The Bertz CT molecular complexity index is 528. The number of carbonyl (C=O) groups is 1. The van der Waals surface area contributed by atoms with E-state index in [0.29, 0.717) is 5.69 Å². The summed E-state index contributed by atoms with van der Waals surface area (Å²) < 4.78 is 22.8. The first-order chi connectivity index (χ1) is 7.80. The van der Waals surface area contributed by atoms with Crippen LogP contribution in [0, 0.1) is 6.92 Å². The van der Waals surface area contributed by atoms with Gasteiger partial charge in [0.05, 0.1) is 0 Å². The summed E-state index contributed by atoms with van der Waals surface area (Å²) in [6.07, 6.45) is 0.825. The Morgan fingerprint density at radius 3 is 2.53 bits per heavy atom. The molecule has 1 aromatic rings. The lowest BCUT2D eigenvalue weighted by Gasteiger charge is -2.08. The summed E-state index contributed by atoms with van der Waals surface area (Å²) >= 11 is 0. The Balaban J connectivity index is 2.81. The molecule has 0 aliphatic carbocycles. The van der Waals surface area contributed by atoms with Crippen LogP contribution in [0.1, 0.15) is 18.1 Å². The molecule has 1 rings (SSSR count). The topological polar surface area (TPSA) is 75.3 Å². The Morgan fingerprint density at radius 1 is 1.35 bits per heavy atom. The first-order valence-corrected chi connectivity index (χ1v) is 7.25. The molecular formula is C10H13ClN2O3S. The van der Waals surface area contributed by atoms with Gasteiger partial charge in [-0.1, -0.05) is 13.0 Å². The maximum Gasteiger partial charge on any atom is 0.333 e. The molecule has 0 saturated carbocycles. The van der Waals surface area contributed by atoms with E-state index in [1.807, 2.05) is 19.9 Å². The Kier molecular flexibility index (Phi) is 4.36. The van der Waals surface area contributed by atoms with Crippen LogP contribution in [-0.4, -0.2) is 14.4 Å². The average molecular weight is 277 g/mol. The van der Waals surface area contributed by atoms with Crippen LogP contribution in [0.3, 0.4) is 0 Å². The molecule has 0 heterocycles. The first kappa shape index (κ1) is 13.8. The van der Waals surface area contributed by atoms with E-state index < -0.39 is 15.3 Å². The van der Waals surface area contributed by atoms with E-state index in [1.54, 1.807) is 16.9 Å². The highest BCUT2D eigenvalue weighted by molar-refractivity contribution is 8.12. The fourth-order valence-corrected chi connectivity index (χ4v) is 1.89. The van der Waals surface area contributed by atoms with Gasteiger partial charge in [0.2, 0.25) is 0 Å². The predicted molar refractivity (Wildman–Crippen MR) is 67.5 cm³/mol. The first-order valence-electron chi connectivity index (χ1n) is 4.94. The van der Waals surface area contributed by atoms with Crippen molar-refractivity contribution >= 4 is 31.6 Å². The number of aryl methyl sites for hydroxylation is 2. The molecule has 0 spiro atoms. The molecule has 0 unspecified atom stereocenters. The zero-order valence-electron chi connectivity index (χ0n) is 9.45. The molecule has 0 saturated heterocycles. The van der Waals surface area contributed by atoms with Crippen molar-refractivity contribution in [3.05, 3.63) is 29.3 Å². The normalized spacial score (nSPS) is 11.0. The number of amides is 2. The highest BCUT2D eigenvalue weighted by atomic mass is 35.7. The summed E-state index contributed by atoms with van der Waals surface area (Å²) in [6, 6.07) is 4.61. The van der Waals surface area contributed by atoms with Crippen LogP contribution in [0.5, 0.6) is 0 Å². The fourth-order valence-electron chi connectivity index (χ4n) is 1.41. The number of carbonyl (C=O) groups excluding carboxylic acids is 1. The van der Waals surface area contributed by atoms with E-state index in [9.17, 15) is 13.2 Å². The zero-order chi connectivity index (χ0) is 13.1. The summed E-state index contributed by atoms with van der Waals surface area (Å²) in [4.78, 5) is 11.3. The molecule has 0 aliphatic heterocycles. The average Bonchev–Trinajstić information content (AvgIpc) is 2.13. The molecule has 0 fully saturated rings. The minimum Gasteiger partial charge on any atom is -0.307 e. The maximum absolute atomic E-state index is 11.3. The Labute approximate surface area is 105 Å². The van der Waals surface area contributed by atoms with Crippen molar-refractivity contribution < 1.29 is 13.2 Å². The summed E-state index contributed by atoms with van der Waals surface area (Å²) in [6.45, 7) is 3.88. The summed E-state index contributed by atoms with van der Waals surface area (Å²) in [5, 5.41) is 2.40. The van der Waals surface area contributed by atoms with Crippen molar-refractivity contribution in [2.45, 2.75) is 20.3 Å². The second-order valence-electron chi connectivity index (χ2n) is 3.55. The van der Waals surface area contributed by atoms with Gasteiger partial charge in [-0.05, 0) is 36.6 Å². The van der Waals surface area contributed by atoms with Crippen molar-refractivity contribution in [1.29, 1.82) is 0 Å². The van der Waals surface area contributed by atoms with E-state index in [-0.39, 0.29) is 0 Å². The molecule has 2 amide bonds. The molecule has 0 atom stereocenters. The quantitative estimate of drug-likeness (QED) is 0.831. The smallest absolute Gasteiger partial charge is 0.307 e. The van der Waals surface area contributed by atoms with Gasteiger partial charge in [0.15, 0.2) is 0 Å². The zero-order valence-corrected chi connectivity index (χ0v) is 11.0. The molecule has 17 heavy (non-hydrogen) atoms. The molecule has 0 radical (unpaired) electrons. The van der Waals surface area contributed by atoms with E-state index in [2.05, 4.69) is 5.32 Å². The van der Waals surface area contributed by atoms with Gasteiger partial charge in [0, 0.05) is 16.4 Å². The van der Waals surface area contributed by atoms with Crippen LogP contribution in [-0.2, 0) is 15.7 Å². The molecule has 0 aromatic heterocycles. The van der Waals surface area contributed by atoms with Gasteiger partial charge in [-0.15, -0.1) is 0 Å². The molecule has 1 aromatic carbocycles. The van der Waals surface area contributed by atoms with Gasteiger partial charge in [0.25, 0.3) is 0 Å². The molecule has 0 bridgehead atoms. The number of halogens is 1. The molecular weight excluding hydrogens is 264 g/mol. The predicted octanol–water partition coefficient (Wildman–Crippen LogP) is 2.16. The standard InChI is InChI=1S/C10H13ClN2O3S/c1-3-8-4-7(2)5-9(6-8)12-10(14)13-17(11,15)16/h4-6H,3H2,1-2H3,(H2,12,13,14). The lowest BCUT2D eigenvalue weighted by molar-refractivity contribution is 0.256. The van der Waals surface area contributed by atoms with Crippen LogP contribution in [0.2, 0.25) is 0 Å². The third kappa shape index (κ3) is 5.06. The Morgan fingerprint density at radius 2 is 2.00 bits per heavy atom. The fraction of sp³-hybridized carbons (Fsp3) is 0.300. The maximum atomic E-state index is 11.3. The van der Waals surface area contributed by atoms with E-state index in [0.717, 1.165) is 17.5 Å². The van der Waals surface area contributed by atoms with Gasteiger partial charge in [0.1, 0.15) is 0 Å². The third-order valence-electron chi connectivity index (χ3n) is 2.02. The minimum absolute atomic E-state index is 0.527. The summed E-state index contributed by atoms with van der Waals surface area (Å²) in [5.74, 6) is 0. The molecule has 7 heteroatoms. The SMILES string of the molecule is CCc1cc(C)cc(NC(=O)NS(=O)(=O)Cl)c1. The van der Waals surface area contributed by atoms with Gasteiger partial charge in [-0.3, -0.25) is 0 Å². The monoisotopic (exact) mass is 276 g/mol. The van der Waals surface area contributed by atoms with Gasteiger partial charge in [-0.2, -0.15) is 8.42 Å². The van der Waals surface area contributed by atoms with Crippen molar-refractivity contribution in [2.24, 2.45) is 0 Å². The van der Waals surface area contributed by atoms with Gasteiger partial charge >= 0.3 is 15.3 Å². The van der Waals surface area contributed by atoms with Crippen LogP contribution < -0.4 is 10.0 Å². The van der Waals surface area contributed by atoms with Gasteiger partial charge < -0.3 is 5.32 Å². The van der Waals surface area contributed by atoms with E-state index in [1.165, 1.54) is 0 Å². The van der Waals surface area contributed by atoms with Gasteiger partial charge in [-0.25, -0.2) is 9.52 Å². The molecule has 2 N–H and O–H groups in total. The van der Waals surface area contributed by atoms with Crippen LogP contribution >= 0.6 is 10.7 Å². The largest absolute Gasteiger partial charge is 0.333 e. The highest BCUT2D eigenvalue weighted by Gasteiger charge is 2.10. The Hall–Kier alpha value is -1.27. The number of nitrogens with one attached hydrogen (secondary N) is 2. The number of urea groups is 1. The van der Waals surface area contributed by atoms with Crippen molar-refractivity contribution in [2.75, 3.05) is 5.32 Å². The number of hydrogen-bond donors (Lipinski definition) is 2. The number of hydrogen-bond acceptors (Lipinski definition) is 3. The molecule has 94 valence electrons. The summed E-state index contributed by atoms with van der Waals surface area (Å²) in [7, 11) is 0.825. The lowest BCUT2D eigenvalue weighted by Crippen LogP contribution is -2.31. The number of anilines is 1. The van der Waals surface area contributed by atoms with Crippen molar-refractivity contribution in [3.63, 3.8) is 0 Å². The van der Waals surface area contributed by atoms with Crippen molar-refractivity contribution in [3.8, 4) is 0 Å². The molecule has 0 aliphatic rings. The minimum atomic E-state index is -4.06. The summed E-state index contributed by atoms with van der Waals surface area (Å²) in [5.41, 5.74) is 2.56. The lowest BCUT2D eigenvalue weighted by atomic mass is 10.1. The van der Waals surface area contributed by atoms with Crippen molar-refractivity contribution in [1.82, 2.24) is 4.72 Å². The van der Waals surface area contributed by atoms with Crippen LogP contribution in [0.4, 0.5) is 10.5 Å². The van der Waals surface area contributed by atoms with Crippen LogP contribution in [0.15, 0.2) is 18.2 Å². The highest BCUT2D eigenvalue weighted by Crippen LogP contribution is 2.15. The number of rotatable bonds is 3. The van der Waals surface area contributed by atoms with E-state index >= 15 is 0 Å².